The number of carbonyl (C=O) groups excluding carboxylic acids is 1. The lowest BCUT2D eigenvalue weighted by atomic mass is 10.1. The second-order valence-electron chi connectivity index (χ2n) is 4.98. The molecule has 2 aromatic heterocycles. The minimum Gasteiger partial charge on any atom is -0.298 e. The van der Waals surface area contributed by atoms with Crippen molar-refractivity contribution >= 4 is 27.3 Å². The molecule has 0 fully saturated rings. The first-order valence-corrected chi connectivity index (χ1v) is 7.43. The Labute approximate surface area is 125 Å². The zero-order valence-electron chi connectivity index (χ0n) is 11.8. The first kappa shape index (κ1) is 13.7. The van der Waals surface area contributed by atoms with Crippen molar-refractivity contribution in [3.05, 3.63) is 52.6 Å². The highest BCUT2D eigenvalue weighted by Gasteiger charge is 2.15. The van der Waals surface area contributed by atoms with Gasteiger partial charge in [-0.05, 0) is 25.0 Å². The fraction of sp³-hybridized carbons (Fsp3) is 0.188. The number of rotatable bonds is 3. The van der Waals surface area contributed by atoms with E-state index >= 15 is 0 Å². The number of benzene rings is 1. The zero-order valence-corrected chi connectivity index (χ0v) is 12.6. The van der Waals surface area contributed by atoms with Gasteiger partial charge in [0, 0.05) is 4.88 Å². The van der Waals surface area contributed by atoms with Gasteiger partial charge < -0.3 is 0 Å². The van der Waals surface area contributed by atoms with E-state index in [0.717, 1.165) is 20.8 Å². The van der Waals surface area contributed by atoms with Crippen molar-refractivity contribution in [2.75, 3.05) is 0 Å². The molecule has 0 spiro atoms. The Morgan fingerprint density at radius 1 is 1.29 bits per heavy atom. The van der Waals surface area contributed by atoms with Gasteiger partial charge in [0.15, 0.2) is 0 Å². The van der Waals surface area contributed by atoms with Crippen LogP contribution in [-0.2, 0) is 11.3 Å². The van der Waals surface area contributed by atoms with Crippen LogP contribution in [0.1, 0.15) is 12.5 Å². The van der Waals surface area contributed by atoms with E-state index in [0.29, 0.717) is 5.39 Å². The first-order chi connectivity index (χ1) is 10.1. The van der Waals surface area contributed by atoms with Crippen LogP contribution in [0.25, 0.3) is 20.7 Å². The molecule has 0 N–H and O–H groups in total. The molecule has 106 valence electrons. The number of Topliss-reactive ketones (excluding diaryl/α,β-unsaturated/α-hetero) is 1. The summed E-state index contributed by atoms with van der Waals surface area (Å²) in [7, 11) is 0. The third kappa shape index (κ3) is 2.40. The Bertz CT molecular complexity index is 878. The summed E-state index contributed by atoms with van der Waals surface area (Å²) in [5.74, 6) is -0.0607. The van der Waals surface area contributed by atoms with Crippen LogP contribution in [0.4, 0.5) is 0 Å². The number of carbonyl (C=O) groups is 1. The number of thiophene rings is 1. The Balaban J connectivity index is 2.24. The van der Waals surface area contributed by atoms with Gasteiger partial charge in [0.1, 0.15) is 10.6 Å². The standard InChI is InChI=1S/C16H14N2O2S/c1-10(19)8-18-9-17-15-13(16(18)20)11(2)14(21-15)12-6-4-3-5-7-12/h3-7,9H,8H2,1-2H3. The minimum atomic E-state index is -0.147. The van der Waals surface area contributed by atoms with Gasteiger partial charge in [-0.1, -0.05) is 30.3 Å². The molecule has 0 unspecified atom stereocenters. The Kier molecular flexibility index (Phi) is 3.43. The maximum Gasteiger partial charge on any atom is 0.262 e. The minimum absolute atomic E-state index is 0.0607. The van der Waals surface area contributed by atoms with Gasteiger partial charge in [-0.25, -0.2) is 4.98 Å². The molecule has 0 atom stereocenters. The third-order valence-electron chi connectivity index (χ3n) is 3.35. The molecule has 21 heavy (non-hydrogen) atoms. The van der Waals surface area contributed by atoms with Crippen LogP contribution in [-0.4, -0.2) is 15.3 Å². The Morgan fingerprint density at radius 3 is 2.67 bits per heavy atom. The zero-order chi connectivity index (χ0) is 15.0. The average Bonchev–Trinajstić information content (AvgIpc) is 2.80. The molecule has 0 radical (unpaired) electrons. The normalized spacial score (nSPS) is 11.0. The summed E-state index contributed by atoms with van der Waals surface area (Å²) in [5, 5.41) is 0.614. The summed E-state index contributed by atoms with van der Waals surface area (Å²) >= 11 is 1.51. The number of nitrogens with zero attached hydrogens (tertiary/aromatic N) is 2. The predicted molar refractivity (Wildman–Crippen MR) is 84.7 cm³/mol. The third-order valence-corrected chi connectivity index (χ3v) is 4.60. The summed E-state index contributed by atoms with van der Waals surface area (Å²) in [6.07, 6.45) is 1.46. The molecule has 0 aliphatic rings. The number of fused-ring (bicyclic) bond motifs is 1. The van der Waals surface area contributed by atoms with Gasteiger partial charge >= 0.3 is 0 Å². The van der Waals surface area contributed by atoms with Crippen molar-refractivity contribution in [1.29, 1.82) is 0 Å². The molecule has 0 aliphatic heterocycles. The van der Waals surface area contributed by atoms with Gasteiger partial charge in [-0.2, -0.15) is 0 Å². The summed E-state index contributed by atoms with van der Waals surface area (Å²) in [6, 6.07) is 9.95. The fourth-order valence-electron chi connectivity index (χ4n) is 2.38. The summed E-state index contributed by atoms with van der Waals surface area (Å²) in [4.78, 5) is 29.8. The van der Waals surface area contributed by atoms with Crippen molar-refractivity contribution < 1.29 is 4.79 Å². The molecule has 0 saturated heterocycles. The summed E-state index contributed by atoms with van der Waals surface area (Å²) in [5.41, 5.74) is 1.86. The smallest absolute Gasteiger partial charge is 0.262 e. The number of hydrogen-bond acceptors (Lipinski definition) is 4. The fourth-order valence-corrected chi connectivity index (χ4v) is 3.52. The highest BCUT2D eigenvalue weighted by molar-refractivity contribution is 7.22. The first-order valence-electron chi connectivity index (χ1n) is 6.61. The molecule has 3 rings (SSSR count). The van der Waals surface area contributed by atoms with Crippen LogP contribution in [0.5, 0.6) is 0 Å². The summed E-state index contributed by atoms with van der Waals surface area (Å²) < 4.78 is 1.37. The van der Waals surface area contributed by atoms with Crippen molar-refractivity contribution in [2.24, 2.45) is 0 Å². The lowest BCUT2D eigenvalue weighted by molar-refractivity contribution is -0.117. The van der Waals surface area contributed by atoms with Crippen molar-refractivity contribution in [3.8, 4) is 10.4 Å². The average molecular weight is 298 g/mol. The van der Waals surface area contributed by atoms with Crippen LogP contribution in [0, 0.1) is 6.92 Å². The second kappa shape index (κ2) is 5.26. The Morgan fingerprint density at radius 2 is 2.00 bits per heavy atom. The predicted octanol–water partition coefficient (Wildman–Crippen LogP) is 3.02. The van der Waals surface area contributed by atoms with E-state index in [1.54, 1.807) is 0 Å². The van der Waals surface area contributed by atoms with Crippen LogP contribution in [0.3, 0.4) is 0 Å². The monoisotopic (exact) mass is 298 g/mol. The number of aryl methyl sites for hydroxylation is 1. The lowest BCUT2D eigenvalue weighted by Gasteiger charge is -2.02. The van der Waals surface area contributed by atoms with E-state index in [-0.39, 0.29) is 17.9 Å². The molecular weight excluding hydrogens is 284 g/mol. The van der Waals surface area contributed by atoms with Gasteiger partial charge in [0.25, 0.3) is 5.56 Å². The van der Waals surface area contributed by atoms with Crippen molar-refractivity contribution in [1.82, 2.24) is 9.55 Å². The van der Waals surface area contributed by atoms with Gasteiger partial charge in [-0.15, -0.1) is 11.3 Å². The van der Waals surface area contributed by atoms with E-state index < -0.39 is 0 Å². The van der Waals surface area contributed by atoms with Crippen LogP contribution >= 0.6 is 11.3 Å². The van der Waals surface area contributed by atoms with E-state index in [1.165, 1.54) is 29.2 Å². The molecule has 5 heteroatoms. The van der Waals surface area contributed by atoms with E-state index in [2.05, 4.69) is 4.98 Å². The second-order valence-corrected chi connectivity index (χ2v) is 5.98. The molecule has 0 amide bonds. The van der Waals surface area contributed by atoms with E-state index in [9.17, 15) is 9.59 Å². The van der Waals surface area contributed by atoms with Gasteiger partial charge in [-0.3, -0.25) is 14.2 Å². The maximum atomic E-state index is 12.5. The SMILES string of the molecule is CC(=O)Cn1cnc2sc(-c3ccccc3)c(C)c2c1=O. The Hall–Kier alpha value is -2.27. The highest BCUT2D eigenvalue weighted by Crippen LogP contribution is 2.35. The van der Waals surface area contributed by atoms with E-state index in [4.69, 9.17) is 0 Å². The van der Waals surface area contributed by atoms with Crippen LogP contribution < -0.4 is 5.56 Å². The lowest BCUT2D eigenvalue weighted by Crippen LogP contribution is -2.23. The molecule has 0 aliphatic carbocycles. The number of aromatic nitrogens is 2. The molecule has 0 bridgehead atoms. The van der Waals surface area contributed by atoms with Gasteiger partial charge in [0.2, 0.25) is 0 Å². The van der Waals surface area contributed by atoms with Crippen LogP contribution in [0.2, 0.25) is 0 Å². The molecule has 3 aromatic rings. The quantitative estimate of drug-likeness (QED) is 0.747. The molecule has 2 heterocycles. The van der Waals surface area contributed by atoms with Crippen LogP contribution in [0.15, 0.2) is 41.5 Å². The highest BCUT2D eigenvalue weighted by atomic mass is 32.1. The van der Waals surface area contributed by atoms with Crippen molar-refractivity contribution in [3.63, 3.8) is 0 Å². The molecule has 4 nitrogen and oxygen atoms in total. The molecule has 0 saturated carbocycles. The largest absolute Gasteiger partial charge is 0.298 e. The van der Waals surface area contributed by atoms with E-state index in [1.807, 2.05) is 37.3 Å². The number of hydrogen-bond donors (Lipinski definition) is 0. The summed E-state index contributed by atoms with van der Waals surface area (Å²) in [6.45, 7) is 3.46. The number of ketones is 1. The van der Waals surface area contributed by atoms with Crippen molar-refractivity contribution in [2.45, 2.75) is 20.4 Å². The topological polar surface area (TPSA) is 52.0 Å². The molecular formula is C16H14N2O2S. The molecule has 1 aromatic carbocycles. The van der Waals surface area contributed by atoms with Gasteiger partial charge in [0.05, 0.1) is 18.3 Å². The maximum absolute atomic E-state index is 12.5.